The molecule has 32 heavy (non-hydrogen) atoms. The lowest BCUT2D eigenvalue weighted by Gasteiger charge is -2.19. The molecule has 6 heteroatoms. The maximum absolute atomic E-state index is 12.4. The number of hydrogen-bond acceptors (Lipinski definition) is 4. The van der Waals surface area contributed by atoms with Crippen LogP contribution in [-0.4, -0.2) is 42.3 Å². The van der Waals surface area contributed by atoms with Crippen molar-refractivity contribution in [3.63, 3.8) is 0 Å². The number of amides is 1. The van der Waals surface area contributed by atoms with Crippen LogP contribution >= 0.6 is 0 Å². The van der Waals surface area contributed by atoms with Crippen LogP contribution in [0.3, 0.4) is 0 Å². The Hall–Kier alpha value is -2.86. The summed E-state index contributed by atoms with van der Waals surface area (Å²) in [4.78, 5) is 23.6. The molecule has 0 saturated carbocycles. The summed E-state index contributed by atoms with van der Waals surface area (Å²) in [7, 11) is 0. The van der Waals surface area contributed by atoms with Gasteiger partial charge in [-0.3, -0.25) is 4.79 Å². The van der Waals surface area contributed by atoms with Crippen LogP contribution in [0.4, 0.5) is 0 Å². The van der Waals surface area contributed by atoms with Gasteiger partial charge >= 0.3 is 5.97 Å². The lowest BCUT2D eigenvalue weighted by Crippen LogP contribution is -2.37. The Kier molecular flexibility index (Phi) is 9.27. The molecule has 0 aliphatic carbocycles. The standard InChI is InChI=1S/C26H35NO5/c1-6-31-23(25(29)30)17-20-9-13-22(14-10-20)32-18(2)24(28)27-16-15-19-7-11-21(12-8-19)26(3,4)5/h7-14,18,23H,6,15-17H2,1-5H3,(H,27,28)(H,29,30)/t18-,23+/m1/s1. The fourth-order valence-electron chi connectivity index (χ4n) is 3.24. The number of carbonyl (C=O) groups is 2. The van der Waals surface area contributed by atoms with Crippen molar-refractivity contribution < 1.29 is 24.2 Å². The predicted molar refractivity (Wildman–Crippen MR) is 125 cm³/mol. The highest BCUT2D eigenvalue weighted by Gasteiger charge is 2.19. The van der Waals surface area contributed by atoms with Gasteiger partial charge in [-0.25, -0.2) is 4.79 Å². The van der Waals surface area contributed by atoms with Gasteiger partial charge < -0.3 is 19.9 Å². The second-order valence-electron chi connectivity index (χ2n) is 8.88. The van der Waals surface area contributed by atoms with Crippen LogP contribution < -0.4 is 10.1 Å². The molecule has 0 aliphatic heterocycles. The maximum Gasteiger partial charge on any atom is 0.333 e. The number of benzene rings is 2. The minimum Gasteiger partial charge on any atom is -0.481 e. The summed E-state index contributed by atoms with van der Waals surface area (Å²) < 4.78 is 11.0. The van der Waals surface area contributed by atoms with Crippen molar-refractivity contribution in [1.82, 2.24) is 5.32 Å². The fraction of sp³-hybridized carbons (Fsp3) is 0.462. The Bertz CT molecular complexity index is 869. The van der Waals surface area contributed by atoms with Crippen LogP contribution in [-0.2, 0) is 32.6 Å². The Morgan fingerprint density at radius 1 is 1.00 bits per heavy atom. The van der Waals surface area contributed by atoms with Gasteiger partial charge in [-0.15, -0.1) is 0 Å². The monoisotopic (exact) mass is 441 g/mol. The molecule has 2 N–H and O–H groups in total. The van der Waals surface area contributed by atoms with Gasteiger partial charge in [-0.05, 0) is 54.5 Å². The average molecular weight is 442 g/mol. The molecule has 0 bridgehead atoms. The van der Waals surface area contributed by atoms with Crippen LogP contribution in [0.5, 0.6) is 5.75 Å². The zero-order chi connectivity index (χ0) is 23.7. The SMILES string of the molecule is CCO[C@@H](Cc1ccc(O[C@H](C)C(=O)NCCc2ccc(C(C)(C)C)cc2)cc1)C(=O)O. The predicted octanol–water partition coefficient (Wildman–Crippen LogP) is 4.14. The summed E-state index contributed by atoms with van der Waals surface area (Å²) >= 11 is 0. The highest BCUT2D eigenvalue weighted by molar-refractivity contribution is 5.80. The van der Waals surface area contributed by atoms with Crippen molar-refractivity contribution in [2.75, 3.05) is 13.2 Å². The van der Waals surface area contributed by atoms with Crippen molar-refractivity contribution in [2.45, 2.75) is 65.1 Å². The second kappa shape index (κ2) is 11.7. The third-order valence-electron chi connectivity index (χ3n) is 5.20. The lowest BCUT2D eigenvalue weighted by molar-refractivity contribution is -0.150. The number of hydrogen-bond donors (Lipinski definition) is 2. The third-order valence-corrected chi connectivity index (χ3v) is 5.20. The molecule has 0 aliphatic rings. The number of rotatable bonds is 11. The first-order valence-electron chi connectivity index (χ1n) is 11.1. The summed E-state index contributed by atoms with van der Waals surface area (Å²) in [5.74, 6) is -0.609. The first-order valence-corrected chi connectivity index (χ1v) is 11.1. The average Bonchev–Trinajstić information content (AvgIpc) is 2.74. The maximum atomic E-state index is 12.4. The van der Waals surface area contributed by atoms with Gasteiger partial charge in [0.1, 0.15) is 5.75 Å². The van der Waals surface area contributed by atoms with E-state index in [-0.39, 0.29) is 17.7 Å². The molecule has 0 heterocycles. The van der Waals surface area contributed by atoms with Crippen molar-refractivity contribution in [2.24, 2.45) is 0 Å². The molecular formula is C26H35NO5. The van der Waals surface area contributed by atoms with E-state index in [1.165, 1.54) is 11.1 Å². The van der Waals surface area contributed by atoms with Crippen LogP contribution in [0, 0.1) is 0 Å². The highest BCUT2D eigenvalue weighted by Crippen LogP contribution is 2.22. The summed E-state index contributed by atoms with van der Waals surface area (Å²) in [5, 5.41) is 12.1. The summed E-state index contributed by atoms with van der Waals surface area (Å²) in [6.07, 6.45) is -0.487. The van der Waals surface area contributed by atoms with E-state index in [1.54, 1.807) is 38.1 Å². The molecule has 2 aromatic rings. The van der Waals surface area contributed by atoms with E-state index in [0.29, 0.717) is 18.9 Å². The number of carboxylic acid groups (broad SMARTS) is 1. The summed E-state index contributed by atoms with van der Waals surface area (Å²) in [5.41, 5.74) is 3.41. The Morgan fingerprint density at radius 3 is 2.12 bits per heavy atom. The van der Waals surface area contributed by atoms with Gasteiger partial charge in [-0.1, -0.05) is 57.2 Å². The topological polar surface area (TPSA) is 84.9 Å². The van der Waals surface area contributed by atoms with Crippen molar-refractivity contribution in [1.29, 1.82) is 0 Å². The smallest absolute Gasteiger partial charge is 0.333 e. The molecule has 0 spiro atoms. The Balaban J connectivity index is 1.80. The molecule has 2 rings (SSSR count). The van der Waals surface area contributed by atoms with E-state index in [2.05, 4.69) is 50.4 Å². The molecule has 0 aromatic heterocycles. The molecule has 0 unspecified atom stereocenters. The largest absolute Gasteiger partial charge is 0.481 e. The minimum atomic E-state index is -0.984. The Labute approximate surface area is 190 Å². The lowest BCUT2D eigenvalue weighted by atomic mass is 9.86. The van der Waals surface area contributed by atoms with Crippen molar-refractivity contribution in [3.05, 3.63) is 65.2 Å². The molecular weight excluding hydrogens is 406 g/mol. The molecule has 1 amide bonds. The number of nitrogens with one attached hydrogen (secondary N) is 1. The number of carboxylic acids is 1. The molecule has 6 nitrogen and oxygen atoms in total. The van der Waals surface area contributed by atoms with E-state index < -0.39 is 18.2 Å². The molecule has 0 saturated heterocycles. The summed E-state index contributed by atoms with van der Waals surface area (Å²) in [6.45, 7) is 10.9. The minimum absolute atomic E-state index is 0.124. The molecule has 2 aromatic carbocycles. The van der Waals surface area contributed by atoms with Crippen molar-refractivity contribution in [3.8, 4) is 5.75 Å². The molecule has 0 fully saturated rings. The van der Waals surface area contributed by atoms with Gasteiger partial charge in [0.05, 0.1) is 0 Å². The second-order valence-corrected chi connectivity index (χ2v) is 8.88. The van der Waals surface area contributed by atoms with E-state index in [1.807, 2.05) is 0 Å². The first-order chi connectivity index (χ1) is 15.1. The van der Waals surface area contributed by atoms with Crippen LogP contribution in [0.2, 0.25) is 0 Å². The third kappa shape index (κ3) is 8.00. The van der Waals surface area contributed by atoms with Gasteiger partial charge in [-0.2, -0.15) is 0 Å². The van der Waals surface area contributed by atoms with Crippen LogP contribution in [0.25, 0.3) is 0 Å². The quantitative estimate of drug-likeness (QED) is 0.547. The first kappa shape index (κ1) is 25.4. The summed E-state index contributed by atoms with van der Waals surface area (Å²) in [6, 6.07) is 15.5. The molecule has 2 atom stereocenters. The van der Waals surface area contributed by atoms with E-state index >= 15 is 0 Å². The normalized spacial score (nSPS) is 13.3. The van der Waals surface area contributed by atoms with E-state index in [9.17, 15) is 14.7 Å². The van der Waals surface area contributed by atoms with E-state index in [4.69, 9.17) is 9.47 Å². The van der Waals surface area contributed by atoms with Crippen molar-refractivity contribution >= 4 is 11.9 Å². The zero-order valence-electron chi connectivity index (χ0n) is 19.7. The van der Waals surface area contributed by atoms with Crippen LogP contribution in [0.15, 0.2) is 48.5 Å². The Morgan fingerprint density at radius 2 is 1.59 bits per heavy atom. The highest BCUT2D eigenvalue weighted by atomic mass is 16.5. The van der Waals surface area contributed by atoms with Gasteiger partial charge in [0.25, 0.3) is 5.91 Å². The van der Waals surface area contributed by atoms with E-state index in [0.717, 1.165) is 12.0 Å². The van der Waals surface area contributed by atoms with Crippen LogP contribution in [0.1, 0.15) is 51.3 Å². The van der Waals surface area contributed by atoms with Gasteiger partial charge in [0.2, 0.25) is 0 Å². The number of ether oxygens (including phenoxy) is 2. The van der Waals surface area contributed by atoms with Gasteiger partial charge in [0.15, 0.2) is 12.2 Å². The number of carbonyl (C=O) groups excluding carboxylic acids is 1. The molecule has 0 radical (unpaired) electrons. The number of aliphatic carboxylic acids is 1. The zero-order valence-corrected chi connectivity index (χ0v) is 19.7. The van der Waals surface area contributed by atoms with Gasteiger partial charge in [0, 0.05) is 19.6 Å². The fourth-order valence-corrected chi connectivity index (χ4v) is 3.24. The molecule has 174 valence electrons.